The third kappa shape index (κ3) is 5.24. The van der Waals surface area contributed by atoms with E-state index in [4.69, 9.17) is 9.47 Å². The maximum Gasteiger partial charge on any atom is 0.196 e. The van der Waals surface area contributed by atoms with E-state index in [1.54, 1.807) is 0 Å². The Hall–Kier alpha value is -1.80. The minimum absolute atomic E-state index is 0.237. The lowest BCUT2D eigenvalue weighted by Gasteiger charge is -2.16. The maximum absolute atomic E-state index is 5.76. The number of hydrogen-bond donors (Lipinski definition) is 0. The first-order valence-electron chi connectivity index (χ1n) is 7.57. The summed E-state index contributed by atoms with van der Waals surface area (Å²) in [5.41, 5.74) is 2.60. The van der Waals surface area contributed by atoms with Crippen LogP contribution < -0.4 is 4.74 Å². The summed E-state index contributed by atoms with van der Waals surface area (Å²) < 4.78 is 11.5. The Labute approximate surface area is 127 Å². The summed E-state index contributed by atoms with van der Waals surface area (Å²) >= 11 is 0. The zero-order valence-corrected chi connectivity index (χ0v) is 13.1. The van der Waals surface area contributed by atoms with Crippen LogP contribution in [0.5, 0.6) is 5.75 Å². The van der Waals surface area contributed by atoms with Crippen molar-refractivity contribution in [2.75, 3.05) is 6.61 Å². The van der Waals surface area contributed by atoms with Crippen LogP contribution in [0.25, 0.3) is 0 Å². The standard InChI is InChI=1S/C19H24O2/c1-15(2)18-9-11-19(12-10-18)21-16(3)20-14-13-17-7-5-4-6-8-17/h4-12,15-16H,13-14H2,1-3H3. The van der Waals surface area contributed by atoms with Crippen molar-refractivity contribution in [2.24, 2.45) is 0 Å². The zero-order valence-electron chi connectivity index (χ0n) is 13.1. The van der Waals surface area contributed by atoms with Crippen molar-refractivity contribution in [3.63, 3.8) is 0 Å². The average molecular weight is 284 g/mol. The summed E-state index contributed by atoms with van der Waals surface area (Å²) in [4.78, 5) is 0. The first-order valence-corrected chi connectivity index (χ1v) is 7.57. The van der Waals surface area contributed by atoms with Crippen molar-refractivity contribution in [1.29, 1.82) is 0 Å². The Bertz CT molecular complexity index is 517. The maximum atomic E-state index is 5.76. The van der Waals surface area contributed by atoms with Crippen molar-refractivity contribution in [3.8, 4) is 5.75 Å². The van der Waals surface area contributed by atoms with Gasteiger partial charge in [-0.2, -0.15) is 0 Å². The smallest absolute Gasteiger partial charge is 0.196 e. The van der Waals surface area contributed by atoms with Gasteiger partial charge in [0.05, 0.1) is 6.61 Å². The molecule has 0 amide bonds. The summed E-state index contributed by atoms with van der Waals surface area (Å²) in [6.07, 6.45) is 0.666. The van der Waals surface area contributed by atoms with Gasteiger partial charge in [0.2, 0.25) is 0 Å². The van der Waals surface area contributed by atoms with Crippen LogP contribution in [0, 0.1) is 0 Å². The molecule has 2 aromatic rings. The third-order valence-corrected chi connectivity index (χ3v) is 3.43. The molecule has 0 radical (unpaired) electrons. The number of benzene rings is 2. The van der Waals surface area contributed by atoms with Gasteiger partial charge in [-0.15, -0.1) is 0 Å². The molecule has 112 valence electrons. The largest absolute Gasteiger partial charge is 0.465 e. The van der Waals surface area contributed by atoms with Crippen LogP contribution in [-0.4, -0.2) is 12.9 Å². The number of rotatable bonds is 7. The van der Waals surface area contributed by atoms with Crippen LogP contribution >= 0.6 is 0 Å². The van der Waals surface area contributed by atoms with Gasteiger partial charge in [-0.3, -0.25) is 0 Å². The van der Waals surface area contributed by atoms with E-state index in [1.165, 1.54) is 11.1 Å². The second kappa shape index (κ2) is 7.84. The SMILES string of the molecule is CC(OCCc1ccccc1)Oc1ccc(C(C)C)cc1. The fourth-order valence-electron chi connectivity index (χ4n) is 2.14. The molecule has 0 spiro atoms. The van der Waals surface area contributed by atoms with Crippen LogP contribution in [0.15, 0.2) is 54.6 Å². The second-order valence-corrected chi connectivity index (χ2v) is 5.52. The van der Waals surface area contributed by atoms with E-state index in [9.17, 15) is 0 Å². The molecular formula is C19H24O2. The highest BCUT2D eigenvalue weighted by Crippen LogP contribution is 2.19. The van der Waals surface area contributed by atoms with Crippen molar-refractivity contribution < 1.29 is 9.47 Å². The Kier molecular flexibility index (Phi) is 5.82. The molecule has 2 heteroatoms. The molecule has 0 heterocycles. The lowest BCUT2D eigenvalue weighted by atomic mass is 10.0. The van der Waals surface area contributed by atoms with Gasteiger partial charge < -0.3 is 9.47 Å². The van der Waals surface area contributed by atoms with E-state index in [2.05, 4.69) is 38.1 Å². The predicted molar refractivity (Wildman–Crippen MR) is 86.7 cm³/mol. The van der Waals surface area contributed by atoms with Crippen molar-refractivity contribution in [1.82, 2.24) is 0 Å². The molecule has 0 aliphatic rings. The quantitative estimate of drug-likeness (QED) is 0.680. The van der Waals surface area contributed by atoms with Gasteiger partial charge in [0.15, 0.2) is 6.29 Å². The molecule has 0 fully saturated rings. The Morgan fingerprint density at radius 1 is 0.857 bits per heavy atom. The van der Waals surface area contributed by atoms with E-state index in [0.29, 0.717) is 12.5 Å². The summed E-state index contributed by atoms with van der Waals surface area (Å²) in [5, 5.41) is 0. The molecule has 1 atom stereocenters. The number of hydrogen-bond acceptors (Lipinski definition) is 2. The molecule has 2 rings (SSSR count). The first kappa shape index (κ1) is 15.6. The van der Waals surface area contributed by atoms with Crippen LogP contribution in [0.3, 0.4) is 0 Å². The highest BCUT2D eigenvalue weighted by molar-refractivity contribution is 5.28. The molecule has 2 nitrogen and oxygen atoms in total. The van der Waals surface area contributed by atoms with Crippen LogP contribution in [0.1, 0.15) is 37.8 Å². The molecule has 2 aromatic carbocycles. The normalized spacial score (nSPS) is 12.4. The Morgan fingerprint density at radius 3 is 2.14 bits per heavy atom. The zero-order chi connectivity index (χ0) is 15.1. The Morgan fingerprint density at radius 2 is 1.52 bits per heavy atom. The molecule has 0 aromatic heterocycles. The minimum atomic E-state index is -0.237. The molecule has 0 saturated carbocycles. The fraction of sp³-hybridized carbons (Fsp3) is 0.368. The van der Waals surface area contributed by atoms with Crippen molar-refractivity contribution >= 4 is 0 Å². The summed E-state index contributed by atoms with van der Waals surface area (Å²) in [5.74, 6) is 1.39. The van der Waals surface area contributed by atoms with E-state index in [-0.39, 0.29) is 6.29 Å². The molecule has 21 heavy (non-hydrogen) atoms. The topological polar surface area (TPSA) is 18.5 Å². The van der Waals surface area contributed by atoms with Crippen LogP contribution in [0.2, 0.25) is 0 Å². The van der Waals surface area contributed by atoms with Gasteiger partial charge in [-0.25, -0.2) is 0 Å². The monoisotopic (exact) mass is 284 g/mol. The molecular weight excluding hydrogens is 260 g/mol. The molecule has 0 N–H and O–H groups in total. The van der Waals surface area contributed by atoms with Gasteiger partial charge in [-0.1, -0.05) is 56.3 Å². The highest BCUT2D eigenvalue weighted by Gasteiger charge is 2.05. The second-order valence-electron chi connectivity index (χ2n) is 5.52. The molecule has 0 bridgehead atoms. The van der Waals surface area contributed by atoms with Gasteiger partial charge in [0, 0.05) is 0 Å². The van der Waals surface area contributed by atoms with Gasteiger partial charge in [0.1, 0.15) is 5.75 Å². The van der Waals surface area contributed by atoms with Gasteiger partial charge in [0.25, 0.3) is 0 Å². The summed E-state index contributed by atoms with van der Waals surface area (Å²) in [6, 6.07) is 18.6. The molecule has 0 saturated heterocycles. The average Bonchev–Trinajstić information content (AvgIpc) is 2.49. The summed E-state index contributed by atoms with van der Waals surface area (Å²) in [7, 11) is 0. The lowest BCUT2D eigenvalue weighted by Crippen LogP contribution is -2.17. The first-order chi connectivity index (χ1) is 10.1. The fourth-order valence-corrected chi connectivity index (χ4v) is 2.14. The van der Waals surface area contributed by atoms with E-state index in [0.717, 1.165) is 12.2 Å². The lowest BCUT2D eigenvalue weighted by molar-refractivity contribution is -0.0654. The Balaban J connectivity index is 1.75. The summed E-state index contributed by atoms with van der Waals surface area (Å²) in [6.45, 7) is 6.97. The third-order valence-electron chi connectivity index (χ3n) is 3.43. The van der Waals surface area contributed by atoms with E-state index >= 15 is 0 Å². The van der Waals surface area contributed by atoms with Crippen molar-refractivity contribution in [2.45, 2.75) is 39.4 Å². The highest BCUT2D eigenvalue weighted by atomic mass is 16.7. The minimum Gasteiger partial charge on any atom is -0.465 e. The van der Waals surface area contributed by atoms with Crippen LogP contribution in [-0.2, 0) is 11.2 Å². The predicted octanol–water partition coefficient (Wildman–Crippen LogP) is 4.79. The number of ether oxygens (including phenoxy) is 2. The van der Waals surface area contributed by atoms with Gasteiger partial charge in [-0.05, 0) is 42.5 Å². The van der Waals surface area contributed by atoms with E-state index < -0.39 is 0 Å². The van der Waals surface area contributed by atoms with Gasteiger partial charge >= 0.3 is 0 Å². The van der Waals surface area contributed by atoms with Crippen LogP contribution in [0.4, 0.5) is 0 Å². The van der Waals surface area contributed by atoms with E-state index in [1.807, 2.05) is 37.3 Å². The van der Waals surface area contributed by atoms with Crippen molar-refractivity contribution in [3.05, 3.63) is 65.7 Å². The molecule has 1 unspecified atom stereocenters. The molecule has 0 aliphatic heterocycles. The molecule has 0 aliphatic carbocycles.